The third-order valence-electron chi connectivity index (χ3n) is 2.76. The first kappa shape index (κ1) is 13.0. The molecular weight excluding hydrogens is 256 g/mol. The standard InChI is InChI=1S/C14H12ClF2N/c15-12-4-2-1-3-9(12)7-14(18)11-6-5-10(16)8-13(11)17/h1-6,8,14H,7,18H2. The Balaban J connectivity index is 2.22. The number of hydrogen-bond acceptors (Lipinski definition) is 1. The Morgan fingerprint density at radius 1 is 1.11 bits per heavy atom. The molecule has 0 aliphatic rings. The number of nitrogens with two attached hydrogens (primary N) is 1. The van der Waals surface area contributed by atoms with Crippen LogP contribution in [0.2, 0.25) is 5.02 Å². The molecule has 4 heteroatoms. The molecule has 18 heavy (non-hydrogen) atoms. The Morgan fingerprint density at radius 3 is 2.50 bits per heavy atom. The molecule has 0 radical (unpaired) electrons. The first-order valence-electron chi connectivity index (χ1n) is 5.52. The normalized spacial score (nSPS) is 12.4. The summed E-state index contributed by atoms with van der Waals surface area (Å²) in [6.45, 7) is 0. The van der Waals surface area contributed by atoms with Gasteiger partial charge in [0.1, 0.15) is 11.6 Å². The van der Waals surface area contributed by atoms with Gasteiger partial charge in [-0.15, -0.1) is 0 Å². The average molecular weight is 268 g/mol. The molecule has 0 saturated carbocycles. The largest absolute Gasteiger partial charge is 0.324 e. The van der Waals surface area contributed by atoms with E-state index in [0.29, 0.717) is 11.4 Å². The lowest BCUT2D eigenvalue weighted by molar-refractivity contribution is 0.554. The highest BCUT2D eigenvalue weighted by molar-refractivity contribution is 6.31. The van der Waals surface area contributed by atoms with Gasteiger partial charge in [-0.2, -0.15) is 0 Å². The molecule has 0 aromatic heterocycles. The van der Waals surface area contributed by atoms with Gasteiger partial charge in [-0.05, 0) is 24.1 Å². The molecule has 0 fully saturated rings. The number of hydrogen-bond donors (Lipinski definition) is 1. The minimum absolute atomic E-state index is 0.288. The first-order valence-corrected chi connectivity index (χ1v) is 5.89. The summed E-state index contributed by atoms with van der Waals surface area (Å²) in [7, 11) is 0. The molecule has 1 unspecified atom stereocenters. The van der Waals surface area contributed by atoms with E-state index in [2.05, 4.69) is 0 Å². The predicted molar refractivity (Wildman–Crippen MR) is 68.4 cm³/mol. The molecule has 0 spiro atoms. The molecule has 1 atom stereocenters. The molecular formula is C14H12ClF2N. The van der Waals surface area contributed by atoms with Crippen molar-refractivity contribution in [3.05, 3.63) is 70.2 Å². The zero-order chi connectivity index (χ0) is 13.1. The molecule has 94 valence electrons. The quantitative estimate of drug-likeness (QED) is 0.898. The fraction of sp³-hybridized carbons (Fsp3) is 0.143. The van der Waals surface area contributed by atoms with Crippen molar-refractivity contribution in [2.75, 3.05) is 0 Å². The van der Waals surface area contributed by atoms with Crippen LogP contribution in [0.1, 0.15) is 17.2 Å². The highest BCUT2D eigenvalue weighted by atomic mass is 35.5. The second-order valence-electron chi connectivity index (χ2n) is 4.07. The van der Waals surface area contributed by atoms with Crippen LogP contribution >= 0.6 is 11.6 Å². The van der Waals surface area contributed by atoms with E-state index in [1.807, 2.05) is 18.2 Å². The summed E-state index contributed by atoms with van der Waals surface area (Å²) in [5.74, 6) is -1.24. The van der Waals surface area contributed by atoms with Crippen LogP contribution in [0.3, 0.4) is 0 Å². The van der Waals surface area contributed by atoms with Crippen LogP contribution in [0.25, 0.3) is 0 Å². The van der Waals surface area contributed by atoms with Gasteiger partial charge >= 0.3 is 0 Å². The Hall–Kier alpha value is -1.45. The Bertz CT molecular complexity index is 557. The summed E-state index contributed by atoms with van der Waals surface area (Å²) in [5.41, 5.74) is 7.06. The molecule has 0 saturated heterocycles. The second kappa shape index (κ2) is 5.46. The van der Waals surface area contributed by atoms with E-state index in [0.717, 1.165) is 11.6 Å². The highest BCUT2D eigenvalue weighted by Crippen LogP contribution is 2.23. The lowest BCUT2D eigenvalue weighted by atomic mass is 9.99. The van der Waals surface area contributed by atoms with Gasteiger partial charge in [-0.1, -0.05) is 35.9 Å². The topological polar surface area (TPSA) is 26.0 Å². The maximum Gasteiger partial charge on any atom is 0.130 e. The van der Waals surface area contributed by atoms with Gasteiger partial charge in [0.25, 0.3) is 0 Å². The van der Waals surface area contributed by atoms with E-state index in [1.54, 1.807) is 6.07 Å². The second-order valence-corrected chi connectivity index (χ2v) is 4.48. The number of rotatable bonds is 3. The smallest absolute Gasteiger partial charge is 0.130 e. The molecule has 0 aliphatic carbocycles. The summed E-state index contributed by atoms with van der Waals surface area (Å²) < 4.78 is 26.4. The Kier molecular flexibility index (Phi) is 3.94. The zero-order valence-corrected chi connectivity index (χ0v) is 10.3. The van der Waals surface area contributed by atoms with E-state index in [1.165, 1.54) is 12.1 Å². The third-order valence-corrected chi connectivity index (χ3v) is 3.13. The summed E-state index contributed by atoms with van der Waals surface area (Å²) in [6.07, 6.45) is 0.405. The maximum atomic E-state index is 13.6. The fourth-order valence-electron chi connectivity index (χ4n) is 1.81. The van der Waals surface area contributed by atoms with Crippen molar-refractivity contribution in [2.45, 2.75) is 12.5 Å². The van der Waals surface area contributed by atoms with Crippen molar-refractivity contribution in [1.29, 1.82) is 0 Å². The van der Waals surface area contributed by atoms with Crippen LogP contribution < -0.4 is 5.73 Å². The van der Waals surface area contributed by atoms with Crippen molar-refractivity contribution in [2.24, 2.45) is 5.73 Å². The van der Waals surface area contributed by atoms with E-state index in [4.69, 9.17) is 17.3 Å². The van der Waals surface area contributed by atoms with Gasteiger partial charge in [0.2, 0.25) is 0 Å². The van der Waals surface area contributed by atoms with Crippen molar-refractivity contribution in [3.8, 4) is 0 Å². The fourth-order valence-corrected chi connectivity index (χ4v) is 2.03. The summed E-state index contributed by atoms with van der Waals surface area (Å²) in [5, 5.41) is 0.593. The summed E-state index contributed by atoms with van der Waals surface area (Å²) >= 11 is 6.01. The van der Waals surface area contributed by atoms with E-state index in [-0.39, 0.29) is 5.56 Å². The summed E-state index contributed by atoms with van der Waals surface area (Å²) in [6, 6.07) is 10.1. The average Bonchev–Trinajstić information content (AvgIpc) is 2.32. The van der Waals surface area contributed by atoms with Crippen LogP contribution in [0.4, 0.5) is 8.78 Å². The van der Waals surface area contributed by atoms with Crippen molar-refractivity contribution >= 4 is 11.6 Å². The van der Waals surface area contributed by atoms with Gasteiger partial charge < -0.3 is 5.73 Å². The van der Waals surface area contributed by atoms with Crippen molar-refractivity contribution < 1.29 is 8.78 Å². The molecule has 2 aromatic rings. The predicted octanol–water partition coefficient (Wildman–Crippen LogP) is 3.86. The zero-order valence-electron chi connectivity index (χ0n) is 9.54. The molecule has 0 bridgehead atoms. The maximum absolute atomic E-state index is 13.6. The Labute approximate surface area is 109 Å². The number of benzene rings is 2. The molecule has 2 rings (SSSR count). The molecule has 1 nitrogen and oxygen atoms in total. The molecule has 0 aliphatic heterocycles. The van der Waals surface area contributed by atoms with Crippen molar-refractivity contribution in [3.63, 3.8) is 0 Å². The summed E-state index contributed by atoms with van der Waals surface area (Å²) in [4.78, 5) is 0. The van der Waals surface area contributed by atoms with E-state index < -0.39 is 17.7 Å². The van der Waals surface area contributed by atoms with Crippen LogP contribution in [-0.2, 0) is 6.42 Å². The minimum Gasteiger partial charge on any atom is -0.324 e. The lowest BCUT2D eigenvalue weighted by Gasteiger charge is -2.14. The minimum atomic E-state index is -0.630. The van der Waals surface area contributed by atoms with Gasteiger partial charge in [-0.3, -0.25) is 0 Å². The van der Waals surface area contributed by atoms with Crippen LogP contribution in [-0.4, -0.2) is 0 Å². The molecule has 0 heterocycles. The Morgan fingerprint density at radius 2 is 1.83 bits per heavy atom. The SMILES string of the molecule is NC(Cc1ccccc1Cl)c1ccc(F)cc1F. The van der Waals surface area contributed by atoms with Gasteiger partial charge in [0.15, 0.2) is 0 Å². The van der Waals surface area contributed by atoms with Crippen LogP contribution in [0, 0.1) is 11.6 Å². The van der Waals surface area contributed by atoms with Gasteiger partial charge in [0.05, 0.1) is 0 Å². The highest BCUT2D eigenvalue weighted by Gasteiger charge is 2.14. The van der Waals surface area contributed by atoms with Crippen LogP contribution in [0.15, 0.2) is 42.5 Å². The lowest BCUT2D eigenvalue weighted by Crippen LogP contribution is -2.15. The third kappa shape index (κ3) is 2.86. The molecule has 2 aromatic carbocycles. The van der Waals surface area contributed by atoms with Gasteiger partial charge in [-0.25, -0.2) is 8.78 Å². The van der Waals surface area contributed by atoms with Gasteiger partial charge in [0, 0.05) is 22.7 Å². The number of halogens is 3. The first-order chi connectivity index (χ1) is 8.58. The van der Waals surface area contributed by atoms with E-state index >= 15 is 0 Å². The van der Waals surface area contributed by atoms with Crippen molar-refractivity contribution in [1.82, 2.24) is 0 Å². The molecule has 2 N–H and O–H groups in total. The monoisotopic (exact) mass is 267 g/mol. The van der Waals surface area contributed by atoms with Crippen LogP contribution in [0.5, 0.6) is 0 Å². The van der Waals surface area contributed by atoms with E-state index in [9.17, 15) is 8.78 Å². The molecule has 0 amide bonds.